The van der Waals surface area contributed by atoms with E-state index in [2.05, 4.69) is 9.98 Å². The maximum atomic E-state index is 13.9. The van der Waals surface area contributed by atoms with Gasteiger partial charge in [0, 0.05) is 18.0 Å². The third-order valence-electron chi connectivity index (χ3n) is 6.22. The van der Waals surface area contributed by atoms with Gasteiger partial charge in [-0.3, -0.25) is 14.3 Å². The van der Waals surface area contributed by atoms with Gasteiger partial charge in [-0.15, -0.1) is 0 Å². The average Bonchev–Trinajstić information content (AvgIpc) is 3.21. The Balaban J connectivity index is 1.88. The predicted molar refractivity (Wildman–Crippen MR) is 142 cm³/mol. The Morgan fingerprint density at radius 3 is 2.68 bits per heavy atom. The number of carbonyl (C=O) groups excluding carboxylic acids is 1. The zero-order valence-electron chi connectivity index (χ0n) is 20.8. The molecule has 188 valence electrons. The van der Waals surface area contributed by atoms with E-state index in [-0.39, 0.29) is 17.7 Å². The second-order valence-corrected chi connectivity index (χ2v) is 9.37. The molecule has 0 saturated heterocycles. The van der Waals surface area contributed by atoms with Gasteiger partial charge in [0.2, 0.25) is 0 Å². The first-order chi connectivity index (χ1) is 18.0. The van der Waals surface area contributed by atoms with Crippen LogP contribution in [0.4, 0.5) is 0 Å². The highest BCUT2D eigenvalue weighted by atomic mass is 32.1. The topological polar surface area (TPSA) is 92.0 Å². The minimum Gasteiger partial charge on any atom is -0.497 e. The monoisotopic (exact) mass is 515 g/mol. The minimum atomic E-state index is -0.822. The molecule has 1 aliphatic heterocycles. The molecule has 2 aromatic heterocycles. The molecule has 0 saturated carbocycles. The third-order valence-corrected chi connectivity index (χ3v) is 7.21. The van der Waals surface area contributed by atoms with Crippen molar-refractivity contribution in [1.82, 2.24) is 9.55 Å². The lowest BCUT2D eigenvalue weighted by Crippen LogP contribution is -2.40. The maximum Gasteiger partial charge on any atom is 0.338 e. The molecule has 1 aliphatic rings. The highest BCUT2D eigenvalue weighted by Crippen LogP contribution is 2.41. The Labute approximate surface area is 216 Å². The van der Waals surface area contributed by atoms with Crippen molar-refractivity contribution in [2.75, 3.05) is 20.8 Å². The molecule has 0 spiro atoms. The summed E-state index contributed by atoms with van der Waals surface area (Å²) in [6, 6.07) is 12.3. The number of nitrogens with zero attached hydrogens (tertiary/aromatic N) is 3. The number of allylic oxidation sites excluding steroid dienone is 1. The number of methoxy groups -OCH3 is 2. The molecule has 0 fully saturated rings. The van der Waals surface area contributed by atoms with Crippen LogP contribution in [-0.4, -0.2) is 36.3 Å². The molecule has 3 heterocycles. The fraction of sp³-hybridized carbons (Fsp3) is 0.214. The number of pyridine rings is 1. The van der Waals surface area contributed by atoms with E-state index in [9.17, 15) is 9.59 Å². The largest absolute Gasteiger partial charge is 0.497 e. The standard InChI is InChI=1S/C28H25N3O5S/c1-5-36-27(33)23-16(2)30-28-31(26(32)22(37-28)13-17-7-6-12-29-15-17)25(23)24-20-14-19(34-3)10-8-18(20)9-11-21(24)35-4/h6-15,25H,5H2,1-4H3/b22-13-. The van der Waals surface area contributed by atoms with E-state index in [0.717, 1.165) is 16.3 Å². The van der Waals surface area contributed by atoms with Crippen molar-refractivity contribution < 1.29 is 19.0 Å². The smallest absolute Gasteiger partial charge is 0.338 e. The zero-order chi connectivity index (χ0) is 26.1. The van der Waals surface area contributed by atoms with Crippen molar-refractivity contribution in [3.63, 3.8) is 0 Å². The molecular formula is C28H25N3O5S. The molecule has 0 N–H and O–H groups in total. The van der Waals surface area contributed by atoms with Crippen LogP contribution in [0.25, 0.3) is 16.8 Å². The lowest BCUT2D eigenvalue weighted by atomic mass is 9.90. The fourth-order valence-electron chi connectivity index (χ4n) is 4.57. The van der Waals surface area contributed by atoms with Crippen molar-refractivity contribution in [2.45, 2.75) is 19.9 Å². The number of esters is 1. The van der Waals surface area contributed by atoms with Gasteiger partial charge in [-0.2, -0.15) is 0 Å². The van der Waals surface area contributed by atoms with E-state index in [1.54, 1.807) is 51.1 Å². The van der Waals surface area contributed by atoms with Crippen LogP contribution in [0.3, 0.4) is 0 Å². The molecule has 8 nitrogen and oxygen atoms in total. The van der Waals surface area contributed by atoms with Gasteiger partial charge < -0.3 is 14.2 Å². The summed E-state index contributed by atoms with van der Waals surface area (Å²) in [6.45, 7) is 3.69. The lowest BCUT2D eigenvalue weighted by molar-refractivity contribution is -0.139. The molecule has 0 aliphatic carbocycles. The van der Waals surface area contributed by atoms with Gasteiger partial charge in [-0.1, -0.05) is 29.5 Å². The van der Waals surface area contributed by atoms with Gasteiger partial charge >= 0.3 is 5.97 Å². The number of thiazole rings is 1. The second kappa shape index (κ2) is 10.0. The molecule has 9 heteroatoms. The summed E-state index contributed by atoms with van der Waals surface area (Å²) in [5.74, 6) is 0.644. The molecule has 4 aromatic rings. The summed E-state index contributed by atoms with van der Waals surface area (Å²) in [5.41, 5.74) is 1.95. The van der Waals surface area contributed by atoms with Crippen LogP contribution in [0, 0.1) is 0 Å². The highest BCUT2D eigenvalue weighted by Gasteiger charge is 2.36. The van der Waals surface area contributed by atoms with Gasteiger partial charge in [-0.05, 0) is 60.5 Å². The highest BCUT2D eigenvalue weighted by molar-refractivity contribution is 7.07. The Morgan fingerprint density at radius 1 is 1.16 bits per heavy atom. The van der Waals surface area contributed by atoms with Crippen molar-refractivity contribution in [2.24, 2.45) is 4.99 Å². The van der Waals surface area contributed by atoms with Crippen LogP contribution in [0.5, 0.6) is 11.5 Å². The summed E-state index contributed by atoms with van der Waals surface area (Å²) in [6.07, 6.45) is 5.14. The summed E-state index contributed by atoms with van der Waals surface area (Å²) in [5, 5.41) is 1.70. The normalized spacial score (nSPS) is 15.4. The Kier molecular flexibility index (Phi) is 6.62. The van der Waals surface area contributed by atoms with Crippen LogP contribution in [-0.2, 0) is 9.53 Å². The maximum absolute atomic E-state index is 13.9. The number of ether oxygens (including phenoxy) is 3. The van der Waals surface area contributed by atoms with Crippen molar-refractivity contribution in [3.8, 4) is 11.5 Å². The first kappa shape index (κ1) is 24.5. The zero-order valence-corrected chi connectivity index (χ0v) is 21.7. The molecule has 5 rings (SSSR count). The van der Waals surface area contributed by atoms with Crippen LogP contribution in [0.15, 0.2) is 75.9 Å². The van der Waals surface area contributed by atoms with Crippen molar-refractivity contribution in [3.05, 3.63) is 96.9 Å². The molecular weight excluding hydrogens is 490 g/mol. The van der Waals surface area contributed by atoms with Gasteiger partial charge in [0.15, 0.2) is 4.80 Å². The fourth-order valence-corrected chi connectivity index (χ4v) is 5.61. The first-order valence-corrected chi connectivity index (χ1v) is 12.5. The molecule has 2 aromatic carbocycles. The second-order valence-electron chi connectivity index (χ2n) is 8.36. The van der Waals surface area contributed by atoms with Gasteiger partial charge in [0.25, 0.3) is 5.56 Å². The predicted octanol–water partition coefficient (Wildman–Crippen LogP) is 3.36. The molecule has 37 heavy (non-hydrogen) atoms. The third kappa shape index (κ3) is 4.31. The first-order valence-electron chi connectivity index (χ1n) is 11.7. The van der Waals surface area contributed by atoms with Gasteiger partial charge in [0.1, 0.15) is 17.5 Å². The number of rotatable bonds is 6. The van der Waals surface area contributed by atoms with Crippen molar-refractivity contribution in [1.29, 1.82) is 0 Å². The minimum absolute atomic E-state index is 0.189. The molecule has 0 radical (unpaired) electrons. The number of carbonyl (C=O) groups is 1. The molecule has 0 amide bonds. The van der Waals surface area contributed by atoms with Crippen LogP contribution in [0.1, 0.15) is 31.0 Å². The molecule has 1 atom stereocenters. The Morgan fingerprint density at radius 2 is 1.97 bits per heavy atom. The SMILES string of the molecule is CCOC(=O)C1=C(C)N=c2s/c(=C\c3cccnc3)c(=O)n2C1c1c(OC)ccc2ccc(OC)cc12. The number of hydrogen-bond donors (Lipinski definition) is 0. The Bertz CT molecular complexity index is 1720. The summed E-state index contributed by atoms with van der Waals surface area (Å²) >= 11 is 1.26. The number of benzene rings is 2. The van der Waals surface area contributed by atoms with E-state index in [1.165, 1.54) is 11.3 Å². The van der Waals surface area contributed by atoms with Crippen LogP contribution >= 0.6 is 11.3 Å². The lowest BCUT2D eigenvalue weighted by Gasteiger charge is -2.27. The van der Waals surface area contributed by atoms with E-state index in [1.807, 2.05) is 42.5 Å². The van der Waals surface area contributed by atoms with E-state index in [4.69, 9.17) is 14.2 Å². The summed E-state index contributed by atoms with van der Waals surface area (Å²) in [7, 11) is 3.16. The number of fused-ring (bicyclic) bond motifs is 2. The van der Waals surface area contributed by atoms with E-state index < -0.39 is 12.0 Å². The molecule has 1 unspecified atom stereocenters. The molecule has 0 bridgehead atoms. The van der Waals surface area contributed by atoms with Crippen molar-refractivity contribution >= 4 is 34.2 Å². The summed E-state index contributed by atoms with van der Waals surface area (Å²) < 4.78 is 18.8. The quantitative estimate of drug-likeness (QED) is 0.366. The van der Waals surface area contributed by atoms with E-state index >= 15 is 0 Å². The van der Waals surface area contributed by atoms with Crippen LogP contribution in [0.2, 0.25) is 0 Å². The van der Waals surface area contributed by atoms with Gasteiger partial charge in [-0.25, -0.2) is 9.79 Å². The summed E-state index contributed by atoms with van der Waals surface area (Å²) in [4.78, 5) is 36.5. The van der Waals surface area contributed by atoms with E-state index in [0.29, 0.717) is 32.1 Å². The Hall–Kier alpha value is -4.24. The van der Waals surface area contributed by atoms with Crippen LogP contribution < -0.4 is 24.4 Å². The number of hydrogen-bond acceptors (Lipinski definition) is 8. The number of aromatic nitrogens is 2. The van der Waals surface area contributed by atoms with Gasteiger partial charge in [0.05, 0.1) is 36.6 Å². The average molecular weight is 516 g/mol.